The Bertz CT molecular complexity index is 765. The van der Waals surface area contributed by atoms with Crippen LogP contribution in [0.3, 0.4) is 0 Å². The van der Waals surface area contributed by atoms with E-state index in [9.17, 15) is 9.90 Å². The number of hydrogen-bond acceptors (Lipinski definition) is 4. The van der Waals surface area contributed by atoms with Crippen molar-refractivity contribution in [1.29, 1.82) is 0 Å². The molecule has 1 unspecified atom stereocenters. The number of thiophene rings is 1. The van der Waals surface area contributed by atoms with Crippen molar-refractivity contribution in [2.24, 2.45) is 0 Å². The number of fused-ring (bicyclic) bond motifs is 1. The number of anilines is 1. The summed E-state index contributed by atoms with van der Waals surface area (Å²) in [6, 6.07) is 11.2. The SMILES string of the molecule is O=c1[nH]c(NCC(O)c2ccsc2)cc2ccccc12. The summed E-state index contributed by atoms with van der Waals surface area (Å²) in [5, 5.41) is 18.5. The summed E-state index contributed by atoms with van der Waals surface area (Å²) in [4.78, 5) is 14.7. The molecule has 0 bridgehead atoms. The van der Waals surface area contributed by atoms with E-state index in [2.05, 4.69) is 10.3 Å². The Morgan fingerprint density at radius 1 is 1.30 bits per heavy atom. The summed E-state index contributed by atoms with van der Waals surface area (Å²) in [5.74, 6) is 0.614. The molecule has 0 aliphatic carbocycles. The topological polar surface area (TPSA) is 65.1 Å². The van der Waals surface area contributed by atoms with Gasteiger partial charge in [-0.3, -0.25) is 4.79 Å². The molecule has 2 heterocycles. The number of rotatable bonds is 4. The van der Waals surface area contributed by atoms with Gasteiger partial charge in [-0.25, -0.2) is 0 Å². The average molecular weight is 286 g/mol. The fourth-order valence-electron chi connectivity index (χ4n) is 2.10. The zero-order chi connectivity index (χ0) is 13.9. The largest absolute Gasteiger partial charge is 0.387 e. The van der Waals surface area contributed by atoms with E-state index >= 15 is 0 Å². The monoisotopic (exact) mass is 286 g/mol. The summed E-state index contributed by atoms with van der Waals surface area (Å²) in [7, 11) is 0. The maximum absolute atomic E-state index is 11.9. The van der Waals surface area contributed by atoms with E-state index in [0.29, 0.717) is 17.7 Å². The van der Waals surface area contributed by atoms with E-state index in [1.165, 1.54) is 0 Å². The maximum atomic E-state index is 11.9. The van der Waals surface area contributed by atoms with Crippen LogP contribution in [0, 0.1) is 0 Å². The van der Waals surface area contributed by atoms with Crippen LogP contribution in [0.4, 0.5) is 5.82 Å². The van der Waals surface area contributed by atoms with Crippen LogP contribution in [-0.2, 0) is 0 Å². The van der Waals surface area contributed by atoms with Gasteiger partial charge in [0.25, 0.3) is 5.56 Å². The van der Waals surface area contributed by atoms with Crippen LogP contribution in [0.15, 0.2) is 52.0 Å². The highest BCUT2D eigenvalue weighted by Crippen LogP contribution is 2.17. The molecule has 0 radical (unpaired) electrons. The van der Waals surface area contributed by atoms with Gasteiger partial charge in [0.2, 0.25) is 0 Å². The van der Waals surface area contributed by atoms with Gasteiger partial charge in [-0.2, -0.15) is 11.3 Å². The van der Waals surface area contributed by atoms with E-state index < -0.39 is 6.10 Å². The fraction of sp³-hybridized carbons (Fsp3) is 0.133. The van der Waals surface area contributed by atoms with Gasteiger partial charge in [-0.1, -0.05) is 18.2 Å². The molecule has 5 heteroatoms. The minimum Gasteiger partial charge on any atom is -0.387 e. The Balaban J connectivity index is 1.80. The number of H-pyrrole nitrogens is 1. The molecule has 3 N–H and O–H groups in total. The van der Waals surface area contributed by atoms with Crippen molar-refractivity contribution in [3.8, 4) is 0 Å². The highest BCUT2D eigenvalue weighted by molar-refractivity contribution is 7.07. The molecule has 0 spiro atoms. The Hall–Kier alpha value is -2.11. The van der Waals surface area contributed by atoms with Crippen molar-refractivity contribution >= 4 is 27.9 Å². The van der Waals surface area contributed by atoms with Crippen molar-refractivity contribution in [2.75, 3.05) is 11.9 Å². The van der Waals surface area contributed by atoms with Crippen molar-refractivity contribution in [3.63, 3.8) is 0 Å². The molecule has 3 rings (SSSR count). The molecule has 4 nitrogen and oxygen atoms in total. The molecular weight excluding hydrogens is 272 g/mol. The van der Waals surface area contributed by atoms with Gasteiger partial charge < -0.3 is 15.4 Å². The zero-order valence-corrected chi connectivity index (χ0v) is 11.5. The van der Waals surface area contributed by atoms with Crippen LogP contribution in [0.1, 0.15) is 11.7 Å². The summed E-state index contributed by atoms with van der Waals surface area (Å²) in [6.45, 7) is 0.352. The van der Waals surface area contributed by atoms with Gasteiger partial charge in [0, 0.05) is 11.9 Å². The lowest BCUT2D eigenvalue weighted by molar-refractivity contribution is 0.192. The smallest absolute Gasteiger partial charge is 0.257 e. The van der Waals surface area contributed by atoms with E-state index in [1.54, 1.807) is 17.4 Å². The van der Waals surface area contributed by atoms with Crippen LogP contribution in [-0.4, -0.2) is 16.6 Å². The molecule has 1 atom stereocenters. The highest BCUT2D eigenvalue weighted by Gasteiger charge is 2.08. The van der Waals surface area contributed by atoms with Gasteiger partial charge in [0.1, 0.15) is 5.82 Å². The lowest BCUT2D eigenvalue weighted by Gasteiger charge is -2.12. The molecule has 0 saturated carbocycles. The quantitative estimate of drug-likeness (QED) is 0.691. The van der Waals surface area contributed by atoms with E-state index in [1.807, 2.05) is 41.1 Å². The average Bonchev–Trinajstić information content (AvgIpc) is 2.99. The van der Waals surface area contributed by atoms with Crippen LogP contribution in [0.5, 0.6) is 0 Å². The van der Waals surface area contributed by atoms with Crippen molar-refractivity contribution in [3.05, 3.63) is 63.1 Å². The normalized spacial score (nSPS) is 12.4. The number of aliphatic hydroxyl groups excluding tert-OH is 1. The molecule has 0 aliphatic heterocycles. The third-order valence-electron chi connectivity index (χ3n) is 3.17. The first-order valence-corrected chi connectivity index (χ1v) is 7.24. The van der Waals surface area contributed by atoms with Crippen molar-refractivity contribution < 1.29 is 5.11 Å². The molecule has 20 heavy (non-hydrogen) atoms. The summed E-state index contributed by atoms with van der Waals surface area (Å²) in [6.07, 6.45) is -0.587. The third kappa shape index (κ3) is 2.59. The predicted octanol–water partition coefficient (Wildman–Crippen LogP) is 2.74. The minimum atomic E-state index is -0.587. The number of aromatic amines is 1. The molecule has 1 aromatic carbocycles. The summed E-state index contributed by atoms with van der Waals surface area (Å²) >= 11 is 1.55. The first kappa shape index (κ1) is 12.9. The third-order valence-corrected chi connectivity index (χ3v) is 3.87. The number of nitrogens with one attached hydrogen (secondary N) is 2. The molecule has 102 valence electrons. The molecular formula is C15H14N2O2S. The van der Waals surface area contributed by atoms with E-state index in [0.717, 1.165) is 10.9 Å². The highest BCUT2D eigenvalue weighted by atomic mass is 32.1. The molecule has 0 aliphatic rings. The molecule has 0 amide bonds. The zero-order valence-electron chi connectivity index (χ0n) is 10.7. The van der Waals surface area contributed by atoms with Crippen LogP contribution < -0.4 is 10.9 Å². The van der Waals surface area contributed by atoms with Gasteiger partial charge in [0.05, 0.1) is 6.10 Å². The first-order valence-electron chi connectivity index (χ1n) is 6.30. The van der Waals surface area contributed by atoms with Crippen molar-refractivity contribution in [2.45, 2.75) is 6.10 Å². The number of benzene rings is 1. The van der Waals surface area contributed by atoms with Gasteiger partial charge in [-0.05, 0) is 39.9 Å². The molecule has 2 aromatic heterocycles. The fourth-order valence-corrected chi connectivity index (χ4v) is 2.80. The van der Waals surface area contributed by atoms with Crippen molar-refractivity contribution in [1.82, 2.24) is 4.98 Å². The predicted molar refractivity (Wildman–Crippen MR) is 82.3 cm³/mol. The summed E-state index contributed by atoms with van der Waals surface area (Å²) < 4.78 is 0. The Labute approximate surface area is 119 Å². The second kappa shape index (κ2) is 5.48. The minimum absolute atomic E-state index is 0.129. The second-order valence-corrected chi connectivity index (χ2v) is 5.33. The number of hydrogen-bond donors (Lipinski definition) is 3. The Kier molecular flexibility index (Phi) is 3.54. The van der Waals surface area contributed by atoms with Gasteiger partial charge >= 0.3 is 0 Å². The van der Waals surface area contributed by atoms with Gasteiger partial charge in [0.15, 0.2) is 0 Å². The lowest BCUT2D eigenvalue weighted by Crippen LogP contribution is -2.15. The maximum Gasteiger partial charge on any atom is 0.257 e. The molecule has 0 saturated heterocycles. The lowest BCUT2D eigenvalue weighted by atomic mass is 10.1. The first-order chi connectivity index (χ1) is 9.74. The molecule has 3 aromatic rings. The Morgan fingerprint density at radius 2 is 2.15 bits per heavy atom. The second-order valence-electron chi connectivity index (χ2n) is 4.55. The van der Waals surface area contributed by atoms with Crippen LogP contribution in [0.2, 0.25) is 0 Å². The Morgan fingerprint density at radius 3 is 2.95 bits per heavy atom. The number of pyridine rings is 1. The van der Waals surface area contributed by atoms with Gasteiger partial charge in [-0.15, -0.1) is 0 Å². The van der Waals surface area contributed by atoms with Crippen LogP contribution >= 0.6 is 11.3 Å². The van der Waals surface area contributed by atoms with E-state index in [-0.39, 0.29) is 5.56 Å². The molecule has 0 fully saturated rings. The summed E-state index contributed by atoms with van der Waals surface area (Å²) in [5.41, 5.74) is 0.751. The number of aliphatic hydroxyl groups is 1. The standard InChI is InChI=1S/C15H14N2O2S/c18-13(11-5-6-20-9-11)8-16-14-7-10-3-1-2-4-12(10)15(19)17-14/h1-7,9,13,18H,8H2,(H2,16,17,19). The van der Waals surface area contributed by atoms with E-state index in [4.69, 9.17) is 0 Å². The van der Waals surface area contributed by atoms with Crippen LogP contribution in [0.25, 0.3) is 10.8 Å². The number of aromatic nitrogens is 1.